The quantitative estimate of drug-likeness (QED) is 0.416. The number of hydrogen-bond donors (Lipinski definition) is 6. The summed E-state index contributed by atoms with van der Waals surface area (Å²) in [6.07, 6.45) is -6.02. The van der Waals surface area contributed by atoms with Gasteiger partial charge in [-0.05, 0) is 28.8 Å². The lowest BCUT2D eigenvalue weighted by Crippen LogP contribution is -2.33. The van der Waals surface area contributed by atoms with Gasteiger partial charge in [-0.2, -0.15) is 24.2 Å². The lowest BCUT2D eigenvalue weighted by molar-refractivity contribution is -0.140. The van der Waals surface area contributed by atoms with Crippen molar-refractivity contribution in [3.63, 3.8) is 0 Å². The molecule has 0 unspecified atom stereocenters. The summed E-state index contributed by atoms with van der Waals surface area (Å²) in [5.74, 6) is -0.317. The Labute approximate surface area is 162 Å². The number of halogens is 3. The van der Waals surface area contributed by atoms with Crippen LogP contribution in [0, 0.1) is 0 Å². The van der Waals surface area contributed by atoms with Gasteiger partial charge in [0.1, 0.15) is 11.1 Å². The van der Waals surface area contributed by atoms with Crippen LogP contribution in [0.5, 0.6) is 0 Å². The zero-order valence-electron chi connectivity index (χ0n) is 14.5. The highest BCUT2D eigenvalue weighted by Gasteiger charge is 2.41. The zero-order valence-corrected chi connectivity index (χ0v) is 15.3. The zero-order chi connectivity index (χ0) is 21.0. The molecule has 1 amide bonds. The summed E-state index contributed by atoms with van der Waals surface area (Å²) in [6.45, 7) is 0.164. The van der Waals surface area contributed by atoms with E-state index < -0.39 is 32.8 Å². The summed E-state index contributed by atoms with van der Waals surface area (Å²) in [7, 11) is -4.78. The van der Waals surface area contributed by atoms with E-state index in [0.29, 0.717) is 22.8 Å². The van der Waals surface area contributed by atoms with E-state index >= 15 is 0 Å². The number of sulfonamides is 1. The first-order valence-corrected chi connectivity index (χ1v) is 9.82. The minimum Gasteiger partial charge on any atom is -0.348 e. The number of nitrogens with two attached hydrogens (primary N) is 1. The number of primary sulfonamides is 1. The molecule has 0 radical (unpaired) electrons. The second kappa shape index (κ2) is 6.76. The van der Waals surface area contributed by atoms with Crippen molar-refractivity contribution in [3.05, 3.63) is 52.6 Å². The highest BCUT2D eigenvalue weighted by molar-refractivity contribution is 7.89. The summed E-state index contributed by atoms with van der Waals surface area (Å²) >= 11 is 0. The van der Waals surface area contributed by atoms with Crippen molar-refractivity contribution >= 4 is 15.9 Å². The van der Waals surface area contributed by atoms with E-state index in [0.717, 1.165) is 0 Å². The van der Waals surface area contributed by atoms with Crippen LogP contribution < -0.4 is 32.4 Å². The van der Waals surface area contributed by atoms with Gasteiger partial charge >= 0.3 is 6.18 Å². The monoisotopic (exact) mass is 428 g/mol. The van der Waals surface area contributed by atoms with E-state index in [1.54, 1.807) is 18.2 Å². The van der Waals surface area contributed by atoms with Gasteiger partial charge in [0.2, 0.25) is 10.0 Å². The minimum absolute atomic E-state index is 0.164. The van der Waals surface area contributed by atoms with Crippen LogP contribution in [0.3, 0.4) is 0 Å². The molecule has 7 N–H and O–H groups in total. The molecule has 4 rings (SSSR count). The lowest BCUT2D eigenvalue weighted by atomic mass is 9.91. The molecule has 0 bridgehead atoms. The molecule has 0 spiro atoms. The predicted molar refractivity (Wildman–Crippen MR) is 94.7 cm³/mol. The van der Waals surface area contributed by atoms with Crippen molar-refractivity contribution in [1.82, 2.24) is 27.2 Å². The highest BCUT2D eigenvalue weighted by Crippen LogP contribution is 2.42. The fourth-order valence-electron chi connectivity index (χ4n) is 3.55. The molecule has 0 saturated carbocycles. The molecule has 2 aromatic carbocycles. The Hall–Kier alpha value is -2.55. The summed E-state index contributed by atoms with van der Waals surface area (Å²) in [6, 6.07) is 6.61. The van der Waals surface area contributed by atoms with Crippen molar-refractivity contribution in [2.45, 2.75) is 23.8 Å². The van der Waals surface area contributed by atoms with Crippen LogP contribution in [-0.2, 0) is 22.7 Å². The topological polar surface area (TPSA) is 137 Å². The maximum absolute atomic E-state index is 13.6. The van der Waals surface area contributed by atoms with Gasteiger partial charge < -0.3 is 5.32 Å². The predicted octanol–water partition coefficient (Wildman–Crippen LogP) is 0.379. The number of nitrogens with one attached hydrogen (secondary N) is 5. The second-order valence-corrected chi connectivity index (χ2v) is 7.93. The van der Waals surface area contributed by atoms with Gasteiger partial charge in [0.05, 0.1) is 5.56 Å². The van der Waals surface area contributed by atoms with E-state index in [2.05, 4.69) is 27.2 Å². The van der Waals surface area contributed by atoms with Gasteiger partial charge in [-0.1, -0.05) is 18.2 Å². The number of hydrazine groups is 3. The fraction of sp³-hybridized carbons (Fsp3) is 0.188. The van der Waals surface area contributed by atoms with Gasteiger partial charge in [0.25, 0.3) is 5.91 Å². The molecule has 2 aliphatic heterocycles. The van der Waals surface area contributed by atoms with Crippen LogP contribution in [0.15, 0.2) is 35.2 Å². The molecule has 0 aliphatic carbocycles. The molecule has 0 aromatic heterocycles. The van der Waals surface area contributed by atoms with Crippen LogP contribution in [0.25, 0.3) is 11.1 Å². The molecule has 2 aliphatic rings. The first-order chi connectivity index (χ1) is 13.6. The Balaban J connectivity index is 2.08. The van der Waals surface area contributed by atoms with Gasteiger partial charge in [-0.25, -0.2) is 24.4 Å². The first-order valence-electron chi connectivity index (χ1n) is 8.27. The van der Waals surface area contributed by atoms with Crippen molar-refractivity contribution < 1.29 is 26.4 Å². The summed E-state index contributed by atoms with van der Waals surface area (Å²) in [5, 5.41) is 7.86. The molecule has 9 nitrogen and oxygen atoms in total. The van der Waals surface area contributed by atoms with E-state index in [1.165, 1.54) is 6.07 Å². The van der Waals surface area contributed by atoms with Gasteiger partial charge in [0, 0.05) is 17.7 Å². The molecular weight excluding hydrogens is 413 g/mol. The maximum atomic E-state index is 13.6. The number of carbonyl (C=O) groups is 1. The van der Waals surface area contributed by atoms with Crippen molar-refractivity contribution in [3.8, 4) is 11.1 Å². The van der Waals surface area contributed by atoms with Gasteiger partial charge in [-0.3, -0.25) is 4.79 Å². The number of carbonyl (C=O) groups excluding carboxylic acids is 1. The normalized spacial score (nSPS) is 17.4. The molecule has 2 aromatic rings. The Morgan fingerprint density at radius 1 is 1.00 bits per heavy atom. The molecule has 13 heteroatoms. The Bertz CT molecular complexity index is 1110. The molecule has 154 valence electrons. The maximum Gasteiger partial charge on any atom is 0.417 e. The van der Waals surface area contributed by atoms with E-state index in [9.17, 15) is 26.4 Å². The third-order valence-electron chi connectivity index (χ3n) is 4.71. The minimum atomic E-state index is -4.95. The number of benzene rings is 2. The SMILES string of the molecule is NS(=O)(=O)c1c(C(F)(F)F)ccc(-c2cccc3c2CNC3=O)c1C1NNNN1. The average Bonchev–Trinajstić information content (AvgIpc) is 3.29. The third kappa shape index (κ3) is 3.37. The lowest BCUT2D eigenvalue weighted by Gasteiger charge is -2.23. The van der Waals surface area contributed by atoms with Crippen LogP contribution >= 0.6 is 0 Å². The van der Waals surface area contributed by atoms with E-state index in [1.807, 2.05) is 0 Å². The summed E-state index contributed by atoms with van der Waals surface area (Å²) < 4.78 is 65.3. The van der Waals surface area contributed by atoms with Crippen LogP contribution in [-0.4, -0.2) is 14.3 Å². The number of amides is 1. The van der Waals surface area contributed by atoms with Gasteiger partial charge in [0.15, 0.2) is 0 Å². The fourth-order valence-corrected chi connectivity index (χ4v) is 4.58. The number of alkyl halides is 3. The molecule has 29 heavy (non-hydrogen) atoms. The first kappa shape index (κ1) is 19.8. The molecule has 1 saturated heterocycles. The second-order valence-electron chi connectivity index (χ2n) is 6.43. The van der Waals surface area contributed by atoms with Gasteiger partial charge in [-0.15, -0.1) is 0 Å². The largest absolute Gasteiger partial charge is 0.417 e. The van der Waals surface area contributed by atoms with Crippen molar-refractivity contribution in [2.75, 3.05) is 0 Å². The third-order valence-corrected chi connectivity index (χ3v) is 5.72. The highest BCUT2D eigenvalue weighted by atomic mass is 32.2. The molecule has 0 atom stereocenters. The number of fused-ring (bicyclic) bond motifs is 1. The van der Waals surface area contributed by atoms with Crippen LogP contribution in [0.1, 0.15) is 33.2 Å². The molecule has 1 fully saturated rings. The average molecular weight is 428 g/mol. The smallest absolute Gasteiger partial charge is 0.348 e. The number of rotatable bonds is 3. The van der Waals surface area contributed by atoms with Crippen LogP contribution in [0.4, 0.5) is 13.2 Å². The Morgan fingerprint density at radius 3 is 2.28 bits per heavy atom. The summed E-state index contributed by atoms with van der Waals surface area (Å²) in [4.78, 5) is 10.9. The van der Waals surface area contributed by atoms with E-state index in [-0.39, 0.29) is 23.6 Å². The molecular formula is C16H15F3N6O3S. The standard InChI is InChI=1S/C16H15F3N6O3S/c17-16(18,19)11-5-4-8(7-2-1-3-9-10(7)6-21-15(9)26)12(13(11)29(20,27)28)14-22-24-25-23-14/h1-5,14,22-25H,6H2,(H,21,26)(H2,20,27,28). The van der Waals surface area contributed by atoms with Crippen LogP contribution in [0.2, 0.25) is 0 Å². The summed E-state index contributed by atoms with van der Waals surface area (Å²) in [5.41, 5.74) is 10.0. The Morgan fingerprint density at radius 2 is 1.66 bits per heavy atom. The molecule has 2 heterocycles. The van der Waals surface area contributed by atoms with E-state index in [4.69, 9.17) is 5.14 Å². The van der Waals surface area contributed by atoms with Crippen molar-refractivity contribution in [1.29, 1.82) is 0 Å². The number of hydrogen-bond acceptors (Lipinski definition) is 7. The Kier molecular flexibility index (Phi) is 4.60. The van der Waals surface area contributed by atoms with Crippen molar-refractivity contribution in [2.24, 2.45) is 5.14 Å².